The van der Waals surface area contributed by atoms with Gasteiger partial charge >= 0.3 is 0 Å². The third-order valence-electron chi connectivity index (χ3n) is 3.53. The summed E-state index contributed by atoms with van der Waals surface area (Å²) in [7, 11) is 1.75. The molecule has 1 aliphatic heterocycles. The molecule has 2 rings (SSSR count). The average molecular weight is 248 g/mol. The molecule has 1 saturated heterocycles. The van der Waals surface area contributed by atoms with Crippen LogP contribution in [0.15, 0.2) is 24.3 Å². The van der Waals surface area contributed by atoms with Crippen molar-refractivity contribution in [3.63, 3.8) is 0 Å². The predicted molar refractivity (Wildman–Crippen MR) is 76.5 cm³/mol. The number of nitrogens with zero attached hydrogens (tertiary/aromatic N) is 1. The van der Waals surface area contributed by atoms with Gasteiger partial charge in [0.1, 0.15) is 5.75 Å². The van der Waals surface area contributed by atoms with Gasteiger partial charge in [-0.25, -0.2) is 0 Å². The summed E-state index contributed by atoms with van der Waals surface area (Å²) in [4.78, 5) is 2.44. The second-order valence-corrected chi connectivity index (χ2v) is 4.91. The Kier molecular flexibility index (Phi) is 4.88. The Morgan fingerprint density at radius 3 is 3.00 bits per heavy atom. The maximum Gasteiger partial charge on any atom is 0.142 e. The third-order valence-corrected chi connectivity index (χ3v) is 3.53. The first-order valence-electron chi connectivity index (χ1n) is 6.96. The zero-order valence-corrected chi connectivity index (χ0v) is 11.5. The van der Waals surface area contributed by atoms with Gasteiger partial charge in [0, 0.05) is 19.1 Å². The number of methoxy groups -OCH3 is 1. The maximum atomic E-state index is 5.45. The van der Waals surface area contributed by atoms with Gasteiger partial charge in [-0.3, -0.25) is 0 Å². The van der Waals surface area contributed by atoms with Gasteiger partial charge < -0.3 is 15.0 Å². The van der Waals surface area contributed by atoms with E-state index in [1.807, 2.05) is 12.1 Å². The summed E-state index contributed by atoms with van der Waals surface area (Å²) in [5.74, 6) is 0.980. The second kappa shape index (κ2) is 6.64. The van der Waals surface area contributed by atoms with Crippen molar-refractivity contribution in [3.05, 3.63) is 24.3 Å². The first-order chi connectivity index (χ1) is 8.85. The van der Waals surface area contributed by atoms with E-state index in [1.54, 1.807) is 7.11 Å². The highest BCUT2D eigenvalue weighted by atomic mass is 16.5. The molecule has 0 aromatic heterocycles. The van der Waals surface area contributed by atoms with Crippen molar-refractivity contribution in [2.24, 2.45) is 0 Å². The number of nitrogens with one attached hydrogen (secondary N) is 1. The number of anilines is 1. The van der Waals surface area contributed by atoms with E-state index in [9.17, 15) is 0 Å². The minimum absolute atomic E-state index is 0.614. The van der Waals surface area contributed by atoms with Gasteiger partial charge in [-0.15, -0.1) is 0 Å². The molecule has 0 radical (unpaired) electrons. The largest absolute Gasteiger partial charge is 0.495 e. The summed E-state index contributed by atoms with van der Waals surface area (Å²) in [6.45, 7) is 5.54. The zero-order chi connectivity index (χ0) is 12.8. The lowest BCUT2D eigenvalue weighted by molar-refractivity contribution is 0.400. The van der Waals surface area contributed by atoms with E-state index in [0.29, 0.717) is 6.04 Å². The van der Waals surface area contributed by atoms with Crippen LogP contribution in [0, 0.1) is 0 Å². The minimum Gasteiger partial charge on any atom is -0.495 e. The summed E-state index contributed by atoms with van der Waals surface area (Å²) < 4.78 is 5.45. The lowest BCUT2D eigenvalue weighted by Gasteiger charge is -2.35. The molecule has 0 bridgehead atoms. The number of rotatable bonds is 5. The second-order valence-electron chi connectivity index (χ2n) is 4.91. The van der Waals surface area contributed by atoms with Crippen LogP contribution in [-0.2, 0) is 0 Å². The van der Waals surface area contributed by atoms with Gasteiger partial charge in [-0.1, -0.05) is 19.1 Å². The molecule has 1 unspecified atom stereocenters. The highest BCUT2D eigenvalue weighted by Crippen LogP contribution is 2.29. The zero-order valence-electron chi connectivity index (χ0n) is 11.5. The number of hydrogen-bond acceptors (Lipinski definition) is 3. The van der Waals surface area contributed by atoms with E-state index in [4.69, 9.17) is 4.74 Å². The van der Waals surface area contributed by atoms with Gasteiger partial charge in [0.25, 0.3) is 0 Å². The Labute approximate surface area is 110 Å². The van der Waals surface area contributed by atoms with E-state index < -0.39 is 0 Å². The molecular weight excluding hydrogens is 224 g/mol. The first-order valence-corrected chi connectivity index (χ1v) is 6.96. The molecule has 0 amide bonds. The Morgan fingerprint density at radius 1 is 1.39 bits per heavy atom. The quantitative estimate of drug-likeness (QED) is 0.867. The fraction of sp³-hybridized carbons (Fsp3) is 0.600. The molecule has 100 valence electrons. The summed E-state index contributed by atoms with van der Waals surface area (Å²) in [5, 5.41) is 3.63. The van der Waals surface area contributed by atoms with Crippen molar-refractivity contribution in [1.82, 2.24) is 5.32 Å². The average Bonchev–Trinajstić information content (AvgIpc) is 2.45. The molecule has 1 N–H and O–H groups in total. The fourth-order valence-corrected chi connectivity index (χ4v) is 2.60. The number of piperidine rings is 1. The normalized spacial score (nSPS) is 19.9. The summed E-state index contributed by atoms with van der Waals surface area (Å²) in [5.41, 5.74) is 1.22. The first kappa shape index (κ1) is 13.2. The van der Waals surface area contributed by atoms with Crippen LogP contribution in [0.5, 0.6) is 5.75 Å². The molecular formula is C15H24N2O. The molecule has 1 fully saturated rings. The molecule has 1 aromatic rings. The Morgan fingerprint density at radius 2 is 2.22 bits per heavy atom. The molecule has 1 heterocycles. The van der Waals surface area contributed by atoms with Crippen LogP contribution < -0.4 is 15.0 Å². The standard InChI is InChI=1S/C15H24N2O/c1-3-10-16-13-7-6-11-17(12-13)14-8-4-5-9-15(14)18-2/h4-5,8-9,13,16H,3,6-7,10-12H2,1-2H3. The molecule has 3 nitrogen and oxygen atoms in total. The van der Waals surface area contributed by atoms with Crippen molar-refractivity contribution < 1.29 is 4.74 Å². The summed E-state index contributed by atoms with van der Waals surface area (Å²) in [6.07, 6.45) is 3.73. The van der Waals surface area contributed by atoms with E-state index in [-0.39, 0.29) is 0 Å². The molecule has 3 heteroatoms. The van der Waals surface area contributed by atoms with Gasteiger partial charge in [0.15, 0.2) is 0 Å². The Bertz CT molecular complexity index is 367. The van der Waals surface area contributed by atoms with Crippen molar-refractivity contribution >= 4 is 5.69 Å². The van der Waals surface area contributed by atoms with Crippen LogP contribution in [0.3, 0.4) is 0 Å². The molecule has 0 saturated carbocycles. The van der Waals surface area contributed by atoms with E-state index >= 15 is 0 Å². The Balaban J connectivity index is 2.03. The molecule has 0 aliphatic carbocycles. The number of para-hydroxylation sites is 2. The number of ether oxygens (including phenoxy) is 1. The molecule has 1 atom stereocenters. The van der Waals surface area contributed by atoms with E-state index in [2.05, 4.69) is 29.3 Å². The monoisotopic (exact) mass is 248 g/mol. The lowest BCUT2D eigenvalue weighted by atomic mass is 10.0. The van der Waals surface area contributed by atoms with Crippen molar-refractivity contribution in [2.75, 3.05) is 31.6 Å². The third kappa shape index (κ3) is 3.16. The summed E-state index contributed by atoms with van der Waals surface area (Å²) in [6, 6.07) is 8.92. The van der Waals surface area contributed by atoms with Crippen molar-refractivity contribution in [1.29, 1.82) is 0 Å². The highest BCUT2D eigenvalue weighted by Gasteiger charge is 2.21. The van der Waals surface area contributed by atoms with E-state index in [1.165, 1.54) is 24.9 Å². The molecule has 1 aromatic carbocycles. The van der Waals surface area contributed by atoms with Crippen LogP contribution in [0.4, 0.5) is 5.69 Å². The summed E-state index contributed by atoms with van der Waals surface area (Å²) >= 11 is 0. The van der Waals surface area contributed by atoms with Crippen molar-refractivity contribution in [2.45, 2.75) is 32.2 Å². The highest BCUT2D eigenvalue weighted by molar-refractivity contribution is 5.58. The fourth-order valence-electron chi connectivity index (χ4n) is 2.60. The van der Waals surface area contributed by atoms with Gasteiger partial charge in [0.2, 0.25) is 0 Å². The van der Waals surface area contributed by atoms with Crippen LogP contribution in [0.2, 0.25) is 0 Å². The van der Waals surface area contributed by atoms with Crippen LogP contribution >= 0.6 is 0 Å². The molecule has 18 heavy (non-hydrogen) atoms. The lowest BCUT2D eigenvalue weighted by Crippen LogP contribution is -2.46. The van der Waals surface area contributed by atoms with E-state index in [0.717, 1.165) is 25.4 Å². The van der Waals surface area contributed by atoms with Crippen LogP contribution in [0.25, 0.3) is 0 Å². The van der Waals surface area contributed by atoms with Crippen molar-refractivity contribution in [3.8, 4) is 5.75 Å². The smallest absolute Gasteiger partial charge is 0.142 e. The van der Waals surface area contributed by atoms with Crippen LogP contribution in [0.1, 0.15) is 26.2 Å². The predicted octanol–water partition coefficient (Wildman–Crippen LogP) is 2.66. The van der Waals surface area contributed by atoms with Gasteiger partial charge in [-0.2, -0.15) is 0 Å². The number of hydrogen-bond donors (Lipinski definition) is 1. The van der Waals surface area contributed by atoms with Crippen LogP contribution in [-0.4, -0.2) is 32.8 Å². The minimum atomic E-state index is 0.614. The van der Waals surface area contributed by atoms with Gasteiger partial charge in [-0.05, 0) is 37.9 Å². The molecule has 1 aliphatic rings. The number of benzene rings is 1. The SMILES string of the molecule is CCCNC1CCCN(c2ccccc2OC)C1. The maximum absolute atomic E-state index is 5.45. The Hall–Kier alpha value is -1.22. The van der Waals surface area contributed by atoms with Gasteiger partial charge in [0.05, 0.1) is 12.8 Å². The molecule has 0 spiro atoms. The topological polar surface area (TPSA) is 24.5 Å².